The highest BCUT2D eigenvalue weighted by Crippen LogP contribution is 2.23. The van der Waals surface area contributed by atoms with Crippen LogP contribution in [0.25, 0.3) is 0 Å². The molecular formula is C12H21NO3S. The van der Waals surface area contributed by atoms with Gasteiger partial charge in [0.1, 0.15) is 0 Å². The third-order valence-corrected chi connectivity index (χ3v) is 5.64. The summed E-state index contributed by atoms with van der Waals surface area (Å²) in [6, 6.07) is 0. The van der Waals surface area contributed by atoms with E-state index in [1.54, 1.807) is 0 Å². The van der Waals surface area contributed by atoms with Gasteiger partial charge in [-0.05, 0) is 38.0 Å². The molecule has 2 rings (SSSR count). The van der Waals surface area contributed by atoms with Gasteiger partial charge in [0.15, 0.2) is 9.84 Å². The maximum atomic E-state index is 11.9. The van der Waals surface area contributed by atoms with Crippen LogP contribution in [0.2, 0.25) is 0 Å². The number of carbonyl (C=O) groups excluding carboxylic acids is 1. The van der Waals surface area contributed by atoms with Crippen LogP contribution in [-0.2, 0) is 14.6 Å². The molecule has 0 saturated carbocycles. The largest absolute Gasteiger partial charge is 0.343 e. The molecule has 1 unspecified atom stereocenters. The average molecular weight is 259 g/mol. The summed E-state index contributed by atoms with van der Waals surface area (Å²) < 4.78 is 22.6. The van der Waals surface area contributed by atoms with Gasteiger partial charge in [0.05, 0.1) is 11.5 Å². The molecule has 17 heavy (non-hydrogen) atoms. The number of carbonyl (C=O) groups is 1. The van der Waals surface area contributed by atoms with Crippen LogP contribution in [0.5, 0.6) is 0 Å². The van der Waals surface area contributed by atoms with Crippen molar-refractivity contribution in [1.29, 1.82) is 0 Å². The van der Waals surface area contributed by atoms with Crippen LogP contribution < -0.4 is 0 Å². The molecule has 2 aliphatic rings. The lowest BCUT2D eigenvalue weighted by Crippen LogP contribution is -2.35. The Labute approximate surface area is 103 Å². The van der Waals surface area contributed by atoms with Crippen molar-refractivity contribution in [3.63, 3.8) is 0 Å². The van der Waals surface area contributed by atoms with Crippen molar-refractivity contribution >= 4 is 15.7 Å². The second kappa shape index (κ2) is 5.38. The number of likely N-dealkylation sites (tertiary alicyclic amines) is 1. The van der Waals surface area contributed by atoms with Crippen LogP contribution in [0.3, 0.4) is 0 Å². The highest BCUT2D eigenvalue weighted by molar-refractivity contribution is 7.91. The molecule has 0 radical (unpaired) electrons. The fourth-order valence-corrected chi connectivity index (χ4v) is 4.64. The van der Waals surface area contributed by atoms with Gasteiger partial charge < -0.3 is 4.90 Å². The minimum Gasteiger partial charge on any atom is -0.343 e. The van der Waals surface area contributed by atoms with Gasteiger partial charge in [-0.1, -0.05) is 0 Å². The Bertz CT molecular complexity index is 371. The van der Waals surface area contributed by atoms with Crippen molar-refractivity contribution in [2.75, 3.05) is 24.6 Å². The molecule has 0 bridgehead atoms. The highest BCUT2D eigenvalue weighted by atomic mass is 32.2. The first kappa shape index (κ1) is 12.9. The van der Waals surface area contributed by atoms with Gasteiger partial charge in [0.2, 0.25) is 5.91 Å². The molecular weight excluding hydrogens is 238 g/mol. The number of sulfone groups is 1. The Hall–Kier alpha value is -0.580. The van der Waals surface area contributed by atoms with Crippen LogP contribution in [-0.4, -0.2) is 43.8 Å². The second-order valence-corrected chi connectivity index (χ2v) is 7.48. The number of amides is 1. The van der Waals surface area contributed by atoms with Gasteiger partial charge in [-0.2, -0.15) is 0 Å². The van der Waals surface area contributed by atoms with E-state index >= 15 is 0 Å². The lowest BCUT2D eigenvalue weighted by atomic mass is 10.0. The lowest BCUT2D eigenvalue weighted by molar-refractivity contribution is -0.132. The van der Waals surface area contributed by atoms with E-state index in [2.05, 4.69) is 0 Å². The SMILES string of the molecule is O=C(CCC1CCS(=O)(=O)C1)N1CCCCC1. The molecule has 2 heterocycles. The van der Waals surface area contributed by atoms with E-state index in [1.165, 1.54) is 6.42 Å². The molecule has 2 aliphatic heterocycles. The Morgan fingerprint density at radius 3 is 2.47 bits per heavy atom. The van der Waals surface area contributed by atoms with Crippen LogP contribution in [0.15, 0.2) is 0 Å². The van der Waals surface area contributed by atoms with E-state index in [1.807, 2.05) is 4.90 Å². The van der Waals surface area contributed by atoms with Gasteiger partial charge in [0, 0.05) is 19.5 Å². The Morgan fingerprint density at radius 2 is 1.88 bits per heavy atom. The fraction of sp³-hybridized carbons (Fsp3) is 0.917. The standard InChI is InChI=1S/C12H21NO3S/c14-12(13-7-2-1-3-8-13)5-4-11-6-9-17(15,16)10-11/h11H,1-10H2. The van der Waals surface area contributed by atoms with E-state index in [4.69, 9.17) is 0 Å². The van der Waals surface area contributed by atoms with E-state index < -0.39 is 9.84 Å². The fourth-order valence-electron chi connectivity index (χ4n) is 2.73. The number of hydrogen-bond acceptors (Lipinski definition) is 3. The first-order chi connectivity index (χ1) is 8.07. The number of piperidine rings is 1. The number of nitrogens with zero attached hydrogens (tertiary/aromatic N) is 1. The third-order valence-electron chi connectivity index (χ3n) is 3.80. The molecule has 4 nitrogen and oxygen atoms in total. The van der Waals surface area contributed by atoms with E-state index in [9.17, 15) is 13.2 Å². The van der Waals surface area contributed by atoms with Crippen molar-refractivity contribution in [1.82, 2.24) is 4.90 Å². The monoisotopic (exact) mass is 259 g/mol. The predicted octanol–water partition coefficient (Wildman–Crippen LogP) is 1.21. The molecule has 2 fully saturated rings. The molecule has 0 N–H and O–H groups in total. The highest BCUT2D eigenvalue weighted by Gasteiger charge is 2.28. The zero-order chi connectivity index (χ0) is 12.3. The van der Waals surface area contributed by atoms with Crippen molar-refractivity contribution in [3.05, 3.63) is 0 Å². The molecule has 1 amide bonds. The smallest absolute Gasteiger partial charge is 0.222 e. The maximum absolute atomic E-state index is 11.9. The van der Waals surface area contributed by atoms with Gasteiger partial charge in [-0.25, -0.2) is 8.42 Å². The molecule has 5 heteroatoms. The maximum Gasteiger partial charge on any atom is 0.222 e. The van der Waals surface area contributed by atoms with Crippen molar-refractivity contribution in [2.24, 2.45) is 5.92 Å². The summed E-state index contributed by atoms with van der Waals surface area (Å²) in [5.41, 5.74) is 0. The lowest BCUT2D eigenvalue weighted by Gasteiger charge is -2.27. The van der Waals surface area contributed by atoms with Gasteiger partial charge in [-0.15, -0.1) is 0 Å². The molecule has 0 aromatic rings. The van der Waals surface area contributed by atoms with Crippen molar-refractivity contribution in [3.8, 4) is 0 Å². The minimum atomic E-state index is -2.79. The van der Waals surface area contributed by atoms with Gasteiger partial charge in [-0.3, -0.25) is 4.79 Å². The zero-order valence-electron chi connectivity index (χ0n) is 10.2. The van der Waals surface area contributed by atoms with Crippen LogP contribution in [0.1, 0.15) is 38.5 Å². The second-order valence-electron chi connectivity index (χ2n) is 5.25. The average Bonchev–Trinajstić information content (AvgIpc) is 2.67. The molecule has 0 aromatic carbocycles. The molecule has 1 atom stereocenters. The first-order valence-electron chi connectivity index (χ1n) is 6.55. The zero-order valence-corrected chi connectivity index (χ0v) is 11.0. The summed E-state index contributed by atoms with van der Waals surface area (Å²) in [4.78, 5) is 13.8. The molecule has 0 aromatic heterocycles. The summed E-state index contributed by atoms with van der Waals surface area (Å²) in [5, 5.41) is 0. The van der Waals surface area contributed by atoms with E-state index in [0.717, 1.165) is 38.8 Å². The minimum absolute atomic E-state index is 0.216. The molecule has 2 saturated heterocycles. The van der Waals surface area contributed by atoms with Crippen LogP contribution >= 0.6 is 0 Å². The first-order valence-corrected chi connectivity index (χ1v) is 8.37. The van der Waals surface area contributed by atoms with Gasteiger partial charge in [0.25, 0.3) is 0 Å². The van der Waals surface area contributed by atoms with Crippen molar-refractivity contribution in [2.45, 2.75) is 38.5 Å². The van der Waals surface area contributed by atoms with Crippen LogP contribution in [0, 0.1) is 5.92 Å². The van der Waals surface area contributed by atoms with Gasteiger partial charge >= 0.3 is 0 Å². The Balaban J connectivity index is 1.73. The van der Waals surface area contributed by atoms with E-state index in [0.29, 0.717) is 17.9 Å². The summed E-state index contributed by atoms with van der Waals surface area (Å²) in [7, 11) is -2.79. The third kappa shape index (κ3) is 3.69. The van der Waals surface area contributed by atoms with E-state index in [-0.39, 0.29) is 11.8 Å². The number of rotatable bonds is 3. The summed E-state index contributed by atoms with van der Waals surface area (Å²) in [6.07, 6.45) is 5.47. The summed E-state index contributed by atoms with van der Waals surface area (Å²) in [5.74, 6) is 1.04. The molecule has 0 spiro atoms. The summed E-state index contributed by atoms with van der Waals surface area (Å²) >= 11 is 0. The Kier molecular flexibility index (Phi) is 4.07. The predicted molar refractivity (Wildman–Crippen MR) is 66.4 cm³/mol. The quantitative estimate of drug-likeness (QED) is 0.765. The van der Waals surface area contributed by atoms with Crippen LogP contribution in [0.4, 0.5) is 0 Å². The Morgan fingerprint density at radius 1 is 1.18 bits per heavy atom. The van der Waals surface area contributed by atoms with Crippen molar-refractivity contribution < 1.29 is 13.2 Å². The molecule has 0 aliphatic carbocycles. The summed E-state index contributed by atoms with van der Waals surface area (Å²) in [6.45, 7) is 1.78. The normalized spacial score (nSPS) is 28.2. The number of hydrogen-bond donors (Lipinski definition) is 0. The molecule has 98 valence electrons. The topological polar surface area (TPSA) is 54.5 Å².